The Kier molecular flexibility index (Phi) is 2.63. The summed E-state index contributed by atoms with van der Waals surface area (Å²) in [6, 6.07) is 4.51. The van der Waals surface area contributed by atoms with Gasteiger partial charge in [0.1, 0.15) is 5.75 Å². The number of halogens is 2. The number of hydrogen-bond acceptors (Lipinski definition) is 1. The normalized spacial score (nSPS) is 10.4. The average molecular weight is 171 g/mol. The molecule has 1 rings (SSSR count). The zero-order valence-electron chi connectivity index (χ0n) is 6.90. The maximum absolute atomic E-state index is 12.5. The second-order valence-electron chi connectivity index (χ2n) is 2.65. The van der Waals surface area contributed by atoms with E-state index in [1.165, 1.54) is 6.07 Å². The summed E-state index contributed by atoms with van der Waals surface area (Å²) < 4.78 is 30.0. The van der Waals surface area contributed by atoms with E-state index in [1.54, 1.807) is 13.8 Å². The van der Waals surface area contributed by atoms with E-state index in [2.05, 4.69) is 6.07 Å². The Hall–Kier alpha value is -1.12. The summed E-state index contributed by atoms with van der Waals surface area (Å²) in [6.07, 6.45) is -0.0638. The highest BCUT2D eigenvalue weighted by Gasteiger charge is 2.04. The smallest absolute Gasteiger partial charge is 0.170 e. The number of ether oxygens (including phenoxy) is 1. The maximum atomic E-state index is 12.5. The van der Waals surface area contributed by atoms with Crippen molar-refractivity contribution >= 4 is 0 Å². The summed E-state index contributed by atoms with van der Waals surface area (Å²) in [7, 11) is 0. The molecule has 65 valence electrons. The van der Waals surface area contributed by atoms with E-state index in [4.69, 9.17) is 4.74 Å². The molecule has 3 heteroatoms. The molecule has 0 aliphatic rings. The Bertz CT molecular complexity index is 271. The molecule has 0 fully saturated rings. The lowest BCUT2D eigenvalue weighted by Gasteiger charge is -2.08. The predicted molar refractivity (Wildman–Crippen MR) is 41.0 cm³/mol. The third kappa shape index (κ3) is 2.19. The minimum atomic E-state index is -1.01. The lowest BCUT2D eigenvalue weighted by atomic mass is 10.3. The second kappa shape index (κ2) is 3.52. The number of hydrogen-bond donors (Lipinski definition) is 0. The zero-order chi connectivity index (χ0) is 9.14. The van der Waals surface area contributed by atoms with Crippen molar-refractivity contribution in [3.63, 3.8) is 0 Å². The van der Waals surface area contributed by atoms with Gasteiger partial charge in [0.2, 0.25) is 0 Å². The predicted octanol–water partition coefficient (Wildman–Crippen LogP) is 2.55. The minimum absolute atomic E-state index is 0.0638. The van der Waals surface area contributed by atoms with Crippen LogP contribution in [0.4, 0.5) is 8.78 Å². The van der Waals surface area contributed by atoms with Gasteiger partial charge in [-0.15, -0.1) is 0 Å². The van der Waals surface area contributed by atoms with Gasteiger partial charge in [0.25, 0.3) is 0 Å². The molecule has 0 aliphatic heterocycles. The Morgan fingerprint density at radius 2 is 2.00 bits per heavy atom. The summed E-state index contributed by atoms with van der Waals surface area (Å²) in [4.78, 5) is 0. The standard InChI is InChI=1S/C9H9F2O/c1-6(2)12-7-3-4-8(10)9(11)5-7/h3-4,6H,1-2H3. The highest BCUT2D eigenvalue weighted by Crippen LogP contribution is 2.15. The lowest BCUT2D eigenvalue weighted by molar-refractivity contribution is 0.240. The Morgan fingerprint density at radius 1 is 1.33 bits per heavy atom. The van der Waals surface area contributed by atoms with Crippen molar-refractivity contribution < 1.29 is 13.5 Å². The van der Waals surface area contributed by atoms with E-state index < -0.39 is 11.6 Å². The second-order valence-corrected chi connectivity index (χ2v) is 2.65. The first-order valence-electron chi connectivity index (χ1n) is 3.63. The van der Waals surface area contributed by atoms with Crippen LogP contribution in [-0.2, 0) is 0 Å². The van der Waals surface area contributed by atoms with Crippen molar-refractivity contribution in [1.82, 2.24) is 0 Å². The van der Waals surface area contributed by atoms with Crippen LogP contribution in [0.5, 0.6) is 5.75 Å². The maximum Gasteiger partial charge on any atom is 0.170 e. The summed E-state index contributed by atoms with van der Waals surface area (Å²) in [6.45, 7) is 3.60. The number of rotatable bonds is 2. The summed E-state index contributed by atoms with van der Waals surface area (Å²) in [5, 5.41) is 0. The van der Waals surface area contributed by atoms with E-state index in [0.29, 0.717) is 0 Å². The molecule has 1 nitrogen and oxygen atoms in total. The van der Waals surface area contributed by atoms with E-state index >= 15 is 0 Å². The summed E-state index contributed by atoms with van der Waals surface area (Å²) in [5.74, 6) is -1.69. The Labute approximate surface area is 70.0 Å². The molecule has 0 bridgehead atoms. The molecule has 0 saturated heterocycles. The Balaban J connectivity index is 2.82. The van der Waals surface area contributed by atoms with Gasteiger partial charge in [0.05, 0.1) is 12.2 Å². The van der Waals surface area contributed by atoms with Gasteiger partial charge in [0, 0.05) is 0 Å². The first-order valence-corrected chi connectivity index (χ1v) is 3.63. The fraction of sp³-hybridized carbons (Fsp3) is 0.333. The third-order valence-corrected chi connectivity index (χ3v) is 1.19. The molecule has 1 aromatic rings. The SMILES string of the molecule is CC(C)Oc1[c]c(F)c(F)cc1. The average Bonchev–Trinajstić information content (AvgIpc) is 1.96. The highest BCUT2D eigenvalue weighted by atomic mass is 19.2. The molecule has 1 radical (unpaired) electrons. The van der Waals surface area contributed by atoms with Crippen LogP contribution in [0.2, 0.25) is 0 Å². The molecular formula is C9H9F2O. The summed E-state index contributed by atoms with van der Waals surface area (Å²) >= 11 is 0. The van der Waals surface area contributed by atoms with Crippen molar-refractivity contribution in [2.45, 2.75) is 20.0 Å². The molecule has 0 aliphatic carbocycles. The van der Waals surface area contributed by atoms with E-state index in [1.807, 2.05) is 0 Å². The monoisotopic (exact) mass is 171 g/mol. The van der Waals surface area contributed by atoms with Crippen LogP contribution in [0.1, 0.15) is 13.8 Å². The molecule has 0 spiro atoms. The van der Waals surface area contributed by atoms with Crippen LogP contribution >= 0.6 is 0 Å². The van der Waals surface area contributed by atoms with Crippen LogP contribution in [0.25, 0.3) is 0 Å². The van der Waals surface area contributed by atoms with Gasteiger partial charge < -0.3 is 4.74 Å². The van der Waals surface area contributed by atoms with Crippen molar-refractivity contribution in [1.29, 1.82) is 0 Å². The van der Waals surface area contributed by atoms with E-state index in [0.717, 1.165) is 6.07 Å². The van der Waals surface area contributed by atoms with Crippen LogP contribution in [0.3, 0.4) is 0 Å². The molecular weight excluding hydrogens is 162 g/mol. The van der Waals surface area contributed by atoms with Gasteiger partial charge in [0.15, 0.2) is 11.6 Å². The third-order valence-electron chi connectivity index (χ3n) is 1.19. The van der Waals surface area contributed by atoms with Crippen molar-refractivity contribution in [3.8, 4) is 5.75 Å². The largest absolute Gasteiger partial charge is 0.490 e. The Morgan fingerprint density at radius 3 is 2.50 bits per heavy atom. The van der Waals surface area contributed by atoms with Gasteiger partial charge >= 0.3 is 0 Å². The van der Waals surface area contributed by atoms with Gasteiger partial charge in [-0.2, -0.15) is 0 Å². The molecule has 0 saturated carbocycles. The van der Waals surface area contributed by atoms with E-state index in [-0.39, 0.29) is 11.9 Å². The highest BCUT2D eigenvalue weighted by molar-refractivity contribution is 5.22. The van der Waals surface area contributed by atoms with Gasteiger partial charge in [-0.25, -0.2) is 8.78 Å². The lowest BCUT2D eigenvalue weighted by Crippen LogP contribution is -2.05. The van der Waals surface area contributed by atoms with Gasteiger partial charge in [-0.1, -0.05) is 0 Å². The van der Waals surface area contributed by atoms with Gasteiger partial charge in [-0.3, -0.25) is 0 Å². The van der Waals surface area contributed by atoms with Crippen LogP contribution in [0, 0.1) is 17.7 Å². The molecule has 1 aromatic carbocycles. The molecule has 0 atom stereocenters. The van der Waals surface area contributed by atoms with Crippen molar-refractivity contribution in [2.24, 2.45) is 0 Å². The van der Waals surface area contributed by atoms with Crippen LogP contribution in [0.15, 0.2) is 12.1 Å². The van der Waals surface area contributed by atoms with Crippen molar-refractivity contribution in [2.75, 3.05) is 0 Å². The molecule has 0 amide bonds. The van der Waals surface area contributed by atoms with Gasteiger partial charge in [-0.05, 0) is 26.0 Å². The molecule has 12 heavy (non-hydrogen) atoms. The minimum Gasteiger partial charge on any atom is -0.490 e. The fourth-order valence-corrected chi connectivity index (χ4v) is 0.754. The zero-order valence-corrected chi connectivity index (χ0v) is 6.90. The van der Waals surface area contributed by atoms with Crippen molar-refractivity contribution in [3.05, 3.63) is 29.8 Å². The van der Waals surface area contributed by atoms with E-state index in [9.17, 15) is 8.78 Å². The quantitative estimate of drug-likeness (QED) is 0.664. The summed E-state index contributed by atoms with van der Waals surface area (Å²) in [5.41, 5.74) is 0. The molecule has 0 N–H and O–H groups in total. The fourth-order valence-electron chi connectivity index (χ4n) is 0.754. The molecule has 0 unspecified atom stereocenters. The topological polar surface area (TPSA) is 9.23 Å². The molecule has 0 heterocycles. The van der Waals surface area contributed by atoms with Crippen LogP contribution in [-0.4, -0.2) is 6.10 Å². The number of benzene rings is 1. The first-order chi connectivity index (χ1) is 5.59. The molecule has 0 aromatic heterocycles. The van der Waals surface area contributed by atoms with Crippen LogP contribution < -0.4 is 4.74 Å². The first kappa shape index (κ1) is 8.97.